The number of nitrogens with zero attached hydrogens (tertiary/aromatic N) is 2. The van der Waals surface area contributed by atoms with Gasteiger partial charge in [0.25, 0.3) is 0 Å². The number of amides is 1. The van der Waals surface area contributed by atoms with E-state index in [4.69, 9.17) is 0 Å². The van der Waals surface area contributed by atoms with E-state index in [9.17, 15) is 13.2 Å². The molecule has 0 saturated carbocycles. The van der Waals surface area contributed by atoms with Crippen LogP contribution in [0.4, 0.5) is 5.69 Å². The SMILES string of the molecule is CCCCN(C)CCNS(=O)(=O)c1cc2c(cc1Br)CCN2C(C)=O. The Morgan fingerprint density at radius 1 is 1.36 bits per heavy atom. The molecule has 1 heterocycles. The second-order valence-electron chi connectivity index (χ2n) is 6.39. The number of unbranched alkanes of at least 4 members (excludes halogenated alkanes) is 1. The van der Waals surface area contributed by atoms with E-state index in [1.54, 1.807) is 17.0 Å². The van der Waals surface area contributed by atoms with Gasteiger partial charge < -0.3 is 9.80 Å². The molecule has 0 atom stereocenters. The zero-order valence-corrected chi connectivity index (χ0v) is 17.4. The average molecular weight is 432 g/mol. The van der Waals surface area contributed by atoms with Gasteiger partial charge in [-0.15, -0.1) is 0 Å². The molecular weight excluding hydrogens is 406 g/mol. The fraction of sp³-hybridized carbons (Fsp3) is 0.588. The third kappa shape index (κ3) is 5.03. The van der Waals surface area contributed by atoms with Gasteiger partial charge in [-0.05, 0) is 60.1 Å². The normalized spacial score (nSPS) is 14.2. The second kappa shape index (κ2) is 8.62. The summed E-state index contributed by atoms with van der Waals surface area (Å²) in [5, 5.41) is 0. The Morgan fingerprint density at radius 2 is 2.08 bits per heavy atom. The summed E-state index contributed by atoms with van der Waals surface area (Å²) < 4.78 is 28.5. The first-order chi connectivity index (χ1) is 11.8. The molecule has 0 aromatic heterocycles. The molecule has 6 nitrogen and oxygen atoms in total. The molecule has 0 unspecified atom stereocenters. The van der Waals surface area contributed by atoms with Gasteiger partial charge in [0.15, 0.2) is 0 Å². The van der Waals surface area contributed by atoms with Crippen LogP contribution in [-0.2, 0) is 21.2 Å². The van der Waals surface area contributed by atoms with Crippen molar-refractivity contribution in [2.24, 2.45) is 0 Å². The van der Waals surface area contributed by atoms with Crippen LogP contribution >= 0.6 is 15.9 Å². The fourth-order valence-corrected chi connectivity index (χ4v) is 5.04. The Balaban J connectivity index is 2.12. The van der Waals surface area contributed by atoms with E-state index >= 15 is 0 Å². The highest BCUT2D eigenvalue weighted by Gasteiger charge is 2.27. The molecule has 2 rings (SSSR count). The van der Waals surface area contributed by atoms with E-state index < -0.39 is 10.0 Å². The monoisotopic (exact) mass is 431 g/mol. The number of benzene rings is 1. The Hall–Kier alpha value is -0.960. The molecular formula is C17H26BrN3O3S. The van der Waals surface area contributed by atoms with Gasteiger partial charge in [-0.1, -0.05) is 13.3 Å². The summed E-state index contributed by atoms with van der Waals surface area (Å²) in [6.07, 6.45) is 2.95. The van der Waals surface area contributed by atoms with E-state index in [1.807, 2.05) is 7.05 Å². The maximum Gasteiger partial charge on any atom is 0.241 e. The lowest BCUT2D eigenvalue weighted by atomic mass is 10.2. The zero-order valence-electron chi connectivity index (χ0n) is 15.0. The summed E-state index contributed by atoms with van der Waals surface area (Å²) in [5.74, 6) is -0.0741. The van der Waals surface area contributed by atoms with Gasteiger partial charge in [0.05, 0.1) is 4.90 Å². The van der Waals surface area contributed by atoms with E-state index in [1.165, 1.54) is 6.92 Å². The topological polar surface area (TPSA) is 69.7 Å². The van der Waals surface area contributed by atoms with E-state index in [2.05, 4.69) is 32.5 Å². The quantitative estimate of drug-likeness (QED) is 0.685. The van der Waals surface area contributed by atoms with Crippen molar-refractivity contribution in [1.82, 2.24) is 9.62 Å². The minimum atomic E-state index is -3.64. The Bertz CT molecular complexity index is 737. The Morgan fingerprint density at radius 3 is 2.72 bits per heavy atom. The number of likely N-dealkylation sites (N-methyl/N-ethyl adjacent to an activating group) is 1. The van der Waals surface area contributed by atoms with Gasteiger partial charge in [0.1, 0.15) is 0 Å². The molecule has 140 valence electrons. The summed E-state index contributed by atoms with van der Waals surface area (Å²) in [4.78, 5) is 15.6. The molecule has 0 radical (unpaired) electrons. The highest BCUT2D eigenvalue weighted by molar-refractivity contribution is 9.10. The van der Waals surface area contributed by atoms with Crippen LogP contribution in [0.15, 0.2) is 21.5 Å². The van der Waals surface area contributed by atoms with Crippen LogP contribution in [0.1, 0.15) is 32.3 Å². The molecule has 0 fully saturated rings. The third-order valence-corrected chi connectivity index (χ3v) is 6.80. The Labute approximate surface area is 158 Å². The number of anilines is 1. The predicted octanol–water partition coefficient (Wildman–Crippen LogP) is 2.37. The number of rotatable bonds is 8. The smallest absolute Gasteiger partial charge is 0.241 e. The van der Waals surface area contributed by atoms with Crippen molar-refractivity contribution in [3.8, 4) is 0 Å². The molecule has 1 amide bonds. The van der Waals surface area contributed by atoms with E-state index in [0.717, 1.165) is 31.4 Å². The summed E-state index contributed by atoms with van der Waals surface area (Å²) in [6.45, 7) is 6.18. The lowest BCUT2D eigenvalue weighted by Gasteiger charge is -2.18. The van der Waals surface area contributed by atoms with Gasteiger partial charge in [-0.25, -0.2) is 13.1 Å². The van der Waals surface area contributed by atoms with Gasteiger partial charge in [-0.2, -0.15) is 0 Å². The van der Waals surface area contributed by atoms with Crippen molar-refractivity contribution < 1.29 is 13.2 Å². The van der Waals surface area contributed by atoms with Crippen LogP contribution in [0, 0.1) is 0 Å². The molecule has 8 heteroatoms. The first kappa shape index (κ1) is 20.4. The number of fused-ring (bicyclic) bond motifs is 1. The molecule has 1 aliphatic rings. The lowest BCUT2D eigenvalue weighted by molar-refractivity contribution is -0.116. The molecule has 0 spiro atoms. The van der Waals surface area contributed by atoms with E-state index in [-0.39, 0.29) is 10.8 Å². The van der Waals surface area contributed by atoms with Crippen LogP contribution in [-0.4, -0.2) is 52.5 Å². The number of halogens is 1. The van der Waals surface area contributed by atoms with E-state index in [0.29, 0.717) is 29.8 Å². The molecule has 1 N–H and O–H groups in total. The number of nitrogens with one attached hydrogen (secondary N) is 1. The largest absolute Gasteiger partial charge is 0.312 e. The first-order valence-electron chi connectivity index (χ1n) is 8.55. The number of carbonyl (C=O) groups is 1. The molecule has 25 heavy (non-hydrogen) atoms. The molecule has 0 aliphatic carbocycles. The number of hydrogen-bond donors (Lipinski definition) is 1. The molecule has 0 saturated heterocycles. The van der Waals surface area contributed by atoms with Crippen molar-refractivity contribution in [2.75, 3.05) is 38.1 Å². The maximum absolute atomic E-state index is 12.7. The minimum Gasteiger partial charge on any atom is -0.312 e. The van der Waals surface area contributed by atoms with Gasteiger partial charge in [0, 0.05) is 36.7 Å². The number of sulfonamides is 1. The highest BCUT2D eigenvalue weighted by atomic mass is 79.9. The van der Waals surface area contributed by atoms with Crippen LogP contribution in [0.25, 0.3) is 0 Å². The summed E-state index contributed by atoms with van der Waals surface area (Å²) in [6, 6.07) is 3.40. The van der Waals surface area contributed by atoms with Gasteiger partial charge in [0.2, 0.25) is 15.9 Å². The standard InChI is InChI=1S/C17H26BrN3O3S/c1-4-5-8-20(3)10-7-19-25(23,24)17-12-16-14(11-15(17)18)6-9-21(16)13(2)22/h11-12,19H,4-10H2,1-3H3. The maximum atomic E-state index is 12.7. The average Bonchev–Trinajstić information content (AvgIpc) is 2.94. The van der Waals surface area contributed by atoms with Crippen molar-refractivity contribution in [3.63, 3.8) is 0 Å². The fourth-order valence-electron chi connectivity index (χ4n) is 2.91. The molecule has 1 aromatic carbocycles. The van der Waals surface area contributed by atoms with Gasteiger partial charge in [-0.3, -0.25) is 4.79 Å². The van der Waals surface area contributed by atoms with Crippen LogP contribution < -0.4 is 9.62 Å². The van der Waals surface area contributed by atoms with Gasteiger partial charge >= 0.3 is 0 Å². The second-order valence-corrected chi connectivity index (χ2v) is 8.98. The van der Waals surface area contributed by atoms with Crippen molar-refractivity contribution in [1.29, 1.82) is 0 Å². The molecule has 0 bridgehead atoms. The Kier molecular flexibility index (Phi) is 7.01. The number of carbonyl (C=O) groups excluding carboxylic acids is 1. The molecule has 1 aromatic rings. The minimum absolute atomic E-state index is 0.0741. The summed E-state index contributed by atoms with van der Waals surface area (Å²) >= 11 is 3.36. The lowest BCUT2D eigenvalue weighted by Crippen LogP contribution is -2.33. The number of hydrogen-bond acceptors (Lipinski definition) is 4. The highest BCUT2D eigenvalue weighted by Crippen LogP contribution is 2.35. The van der Waals surface area contributed by atoms with Crippen LogP contribution in [0.5, 0.6) is 0 Å². The van der Waals surface area contributed by atoms with Crippen LogP contribution in [0.3, 0.4) is 0 Å². The van der Waals surface area contributed by atoms with Crippen molar-refractivity contribution in [2.45, 2.75) is 38.0 Å². The molecule has 1 aliphatic heterocycles. The summed E-state index contributed by atoms with van der Waals surface area (Å²) in [5.41, 5.74) is 1.68. The van der Waals surface area contributed by atoms with Crippen LogP contribution in [0.2, 0.25) is 0 Å². The zero-order chi connectivity index (χ0) is 18.6. The summed E-state index contributed by atoms with van der Waals surface area (Å²) in [7, 11) is -1.65. The third-order valence-electron chi connectivity index (χ3n) is 4.38. The van der Waals surface area contributed by atoms with Crippen molar-refractivity contribution >= 4 is 37.5 Å². The predicted molar refractivity (Wildman–Crippen MR) is 103 cm³/mol. The van der Waals surface area contributed by atoms with Crippen molar-refractivity contribution in [3.05, 3.63) is 22.2 Å². The first-order valence-corrected chi connectivity index (χ1v) is 10.8.